The Bertz CT molecular complexity index is 257. The van der Waals surface area contributed by atoms with Crippen LogP contribution in [0.1, 0.15) is 30.2 Å². The Kier molecular flexibility index (Phi) is 2.78. The van der Waals surface area contributed by atoms with Gasteiger partial charge in [0.15, 0.2) is 3.92 Å². The first-order valence-corrected chi connectivity index (χ1v) is 5.70. The third kappa shape index (κ3) is 1.87. The summed E-state index contributed by atoms with van der Waals surface area (Å²) in [7, 11) is 0. The molecule has 1 atom stereocenters. The van der Waals surface area contributed by atoms with Gasteiger partial charge in [-0.2, -0.15) is 0 Å². The Hall–Kier alpha value is 0.0700. The van der Waals surface area contributed by atoms with Crippen LogP contribution in [0.2, 0.25) is 0 Å². The summed E-state index contributed by atoms with van der Waals surface area (Å²) in [5.74, 6) is 0. The summed E-state index contributed by atoms with van der Waals surface area (Å²) < 4.78 is 6.58. The highest BCUT2D eigenvalue weighted by Gasteiger charge is 2.17. The molecule has 0 spiro atoms. The Morgan fingerprint density at radius 1 is 1.58 bits per heavy atom. The molecule has 2 heterocycles. The first-order chi connectivity index (χ1) is 5.86. The number of aromatic nitrogens is 1. The molecule has 1 aromatic heterocycles. The summed E-state index contributed by atoms with van der Waals surface area (Å²) in [5.41, 5.74) is 0. The molecule has 2 rings (SSSR count). The minimum absolute atomic E-state index is 0.308. The fourth-order valence-corrected chi connectivity index (χ4v) is 2.76. The van der Waals surface area contributed by atoms with Crippen molar-refractivity contribution in [3.63, 3.8) is 0 Å². The lowest BCUT2D eigenvalue weighted by Gasteiger charge is -2.20. The largest absolute Gasteiger partial charge is 0.373 e. The predicted molar refractivity (Wildman–Crippen MR) is 52.4 cm³/mol. The molecule has 0 saturated carbocycles. The summed E-state index contributed by atoms with van der Waals surface area (Å²) in [6.45, 7) is 0.903. The van der Waals surface area contributed by atoms with Crippen LogP contribution in [0.5, 0.6) is 0 Å². The predicted octanol–water partition coefficient (Wildman–Crippen LogP) is 3.15. The molecule has 66 valence electrons. The number of thiazole rings is 1. The topological polar surface area (TPSA) is 22.1 Å². The van der Waals surface area contributed by atoms with Crippen molar-refractivity contribution in [1.29, 1.82) is 0 Å². The number of halogens is 1. The van der Waals surface area contributed by atoms with E-state index in [0.29, 0.717) is 6.10 Å². The average Bonchev–Trinajstić information content (AvgIpc) is 2.54. The van der Waals surface area contributed by atoms with Gasteiger partial charge < -0.3 is 4.74 Å². The van der Waals surface area contributed by atoms with Gasteiger partial charge in [0.25, 0.3) is 0 Å². The zero-order valence-electron chi connectivity index (χ0n) is 6.62. The number of nitrogens with zero attached hydrogens (tertiary/aromatic N) is 1. The van der Waals surface area contributed by atoms with Gasteiger partial charge in [-0.15, -0.1) is 11.3 Å². The van der Waals surface area contributed by atoms with Crippen LogP contribution in [0.3, 0.4) is 0 Å². The minimum atomic E-state index is 0.308. The Morgan fingerprint density at radius 3 is 3.08 bits per heavy atom. The molecule has 0 aliphatic carbocycles. The lowest BCUT2D eigenvalue weighted by molar-refractivity contribution is 0.0171. The molecule has 0 N–H and O–H groups in total. The summed E-state index contributed by atoms with van der Waals surface area (Å²) in [6.07, 6.45) is 5.85. The second-order valence-electron chi connectivity index (χ2n) is 2.87. The zero-order chi connectivity index (χ0) is 8.39. The molecule has 0 aromatic carbocycles. The van der Waals surface area contributed by atoms with Gasteiger partial charge in [-0.25, -0.2) is 4.98 Å². The lowest BCUT2D eigenvalue weighted by atomic mass is 10.1. The Balaban J connectivity index is 2.08. The number of hydrogen-bond donors (Lipinski definition) is 0. The van der Waals surface area contributed by atoms with Gasteiger partial charge in [0, 0.05) is 12.8 Å². The quantitative estimate of drug-likeness (QED) is 0.761. The van der Waals surface area contributed by atoms with E-state index in [1.807, 2.05) is 6.20 Å². The van der Waals surface area contributed by atoms with Crippen LogP contribution < -0.4 is 0 Å². The lowest BCUT2D eigenvalue weighted by Crippen LogP contribution is -2.09. The van der Waals surface area contributed by atoms with E-state index in [4.69, 9.17) is 4.74 Å². The van der Waals surface area contributed by atoms with Gasteiger partial charge in [0.1, 0.15) is 0 Å². The second kappa shape index (κ2) is 3.85. The molecule has 12 heavy (non-hydrogen) atoms. The summed E-state index contributed by atoms with van der Waals surface area (Å²) in [6, 6.07) is 0. The summed E-state index contributed by atoms with van der Waals surface area (Å²) >= 11 is 5.03. The average molecular weight is 248 g/mol. The van der Waals surface area contributed by atoms with Gasteiger partial charge >= 0.3 is 0 Å². The van der Waals surface area contributed by atoms with Crippen molar-refractivity contribution < 1.29 is 4.74 Å². The van der Waals surface area contributed by atoms with Crippen molar-refractivity contribution in [3.8, 4) is 0 Å². The standard InChI is InChI=1S/C8H10BrNOS/c9-8-10-5-7(12-8)6-3-1-2-4-11-6/h5-6H,1-4H2. The maximum absolute atomic E-state index is 5.63. The molecular weight excluding hydrogens is 238 g/mol. The molecule has 0 bridgehead atoms. The van der Waals surface area contributed by atoms with E-state index in [9.17, 15) is 0 Å². The highest BCUT2D eigenvalue weighted by molar-refractivity contribution is 9.11. The van der Waals surface area contributed by atoms with Gasteiger partial charge in [-0.1, -0.05) is 0 Å². The van der Waals surface area contributed by atoms with Crippen molar-refractivity contribution in [2.24, 2.45) is 0 Å². The second-order valence-corrected chi connectivity index (χ2v) is 5.21. The molecule has 1 aliphatic heterocycles. The van der Waals surface area contributed by atoms with Crippen LogP contribution >= 0.6 is 27.3 Å². The van der Waals surface area contributed by atoms with Gasteiger partial charge in [-0.05, 0) is 35.2 Å². The van der Waals surface area contributed by atoms with E-state index in [0.717, 1.165) is 16.9 Å². The van der Waals surface area contributed by atoms with E-state index in [1.165, 1.54) is 17.7 Å². The fourth-order valence-electron chi connectivity index (χ4n) is 1.38. The maximum atomic E-state index is 5.63. The van der Waals surface area contributed by atoms with E-state index in [2.05, 4.69) is 20.9 Å². The number of ether oxygens (including phenoxy) is 1. The third-order valence-electron chi connectivity index (χ3n) is 1.99. The third-order valence-corrected chi connectivity index (χ3v) is 3.56. The van der Waals surface area contributed by atoms with Crippen LogP contribution in [-0.2, 0) is 4.74 Å². The summed E-state index contributed by atoms with van der Waals surface area (Å²) in [5, 5.41) is 0. The first-order valence-electron chi connectivity index (χ1n) is 4.09. The van der Waals surface area contributed by atoms with Crippen molar-refractivity contribution in [3.05, 3.63) is 15.0 Å². The van der Waals surface area contributed by atoms with Crippen molar-refractivity contribution >= 4 is 27.3 Å². The molecular formula is C8H10BrNOS. The van der Waals surface area contributed by atoms with Gasteiger partial charge in [-0.3, -0.25) is 0 Å². The molecule has 0 amide bonds. The van der Waals surface area contributed by atoms with Crippen LogP contribution in [0.4, 0.5) is 0 Å². The maximum Gasteiger partial charge on any atom is 0.159 e. The fraction of sp³-hybridized carbons (Fsp3) is 0.625. The molecule has 1 fully saturated rings. The Morgan fingerprint density at radius 2 is 2.50 bits per heavy atom. The molecule has 1 aliphatic rings. The van der Waals surface area contributed by atoms with Crippen molar-refractivity contribution in [2.75, 3.05) is 6.61 Å². The SMILES string of the molecule is Brc1ncc(C2CCCCO2)s1. The van der Waals surface area contributed by atoms with Crippen LogP contribution in [0.15, 0.2) is 10.1 Å². The van der Waals surface area contributed by atoms with E-state index in [-0.39, 0.29) is 0 Å². The highest BCUT2D eigenvalue weighted by atomic mass is 79.9. The van der Waals surface area contributed by atoms with Crippen LogP contribution in [-0.4, -0.2) is 11.6 Å². The van der Waals surface area contributed by atoms with Crippen LogP contribution in [0.25, 0.3) is 0 Å². The van der Waals surface area contributed by atoms with Crippen molar-refractivity contribution in [1.82, 2.24) is 4.98 Å². The van der Waals surface area contributed by atoms with E-state index in [1.54, 1.807) is 11.3 Å². The molecule has 1 aromatic rings. The number of rotatable bonds is 1. The van der Waals surface area contributed by atoms with E-state index < -0.39 is 0 Å². The first kappa shape index (κ1) is 8.66. The number of hydrogen-bond acceptors (Lipinski definition) is 3. The van der Waals surface area contributed by atoms with Gasteiger partial charge in [0.05, 0.1) is 11.0 Å². The monoisotopic (exact) mass is 247 g/mol. The van der Waals surface area contributed by atoms with E-state index >= 15 is 0 Å². The highest BCUT2D eigenvalue weighted by Crippen LogP contribution is 2.32. The molecule has 1 saturated heterocycles. The minimum Gasteiger partial charge on any atom is -0.373 e. The molecule has 4 heteroatoms. The molecule has 2 nitrogen and oxygen atoms in total. The van der Waals surface area contributed by atoms with Crippen molar-refractivity contribution in [2.45, 2.75) is 25.4 Å². The molecule has 0 radical (unpaired) electrons. The van der Waals surface area contributed by atoms with Crippen LogP contribution in [0, 0.1) is 0 Å². The Labute approximate surface area is 84.1 Å². The van der Waals surface area contributed by atoms with Gasteiger partial charge in [0.2, 0.25) is 0 Å². The smallest absolute Gasteiger partial charge is 0.159 e. The molecule has 1 unspecified atom stereocenters. The normalized spacial score (nSPS) is 24.2. The zero-order valence-corrected chi connectivity index (χ0v) is 9.03. The summed E-state index contributed by atoms with van der Waals surface area (Å²) in [4.78, 5) is 5.40.